The van der Waals surface area contributed by atoms with Gasteiger partial charge in [0.25, 0.3) is 10.2 Å². The Morgan fingerprint density at radius 2 is 1.88 bits per heavy atom. The van der Waals surface area contributed by atoms with E-state index in [0.29, 0.717) is 25.8 Å². The van der Waals surface area contributed by atoms with Crippen molar-refractivity contribution in [3.8, 4) is 0 Å². The Morgan fingerprint density at radius 1 is 1.25 bits per heavy atom. The largest absolute Gasteiger partial charge is 0.481 e. The van der Waals surface area contributed by atoms with E-state index in [4.69, 9.17) is 5.11 Å². The van der Waals surface area contributed by atoms with Gasteiger partial charge in [-0.2, -0.15) is 8.42 Å². The second-order valence-corrected chi connectivity index (χ2v) is 5.15. The minimum absolute atomic E-state index is 0.0672. The van der Waals surface area contributed by atoms with Crippen LogP contribution in [0.5, 0.6) is 0 Å². The lowest BCUT2D eigenvalue weighted by molar-refractivity contribution is -0.141. The molecular weight excluding hydrogens is 232 g/mol. The van der Waals surface area contributed by atoms with Crippen LogP contribution in [0, 0.1) is 5.92 Å². The highest BCUT2D eigenvalue weighted by molar-refractivity contribution is 7.87. The Hall–Kier alpha value is -0.660. The Balaban J connectivity index is 4.13. The monoisotopic (exact) mass is 252 g/mol. The molecule has 0 aliphatic carbocycles. The molecule has 0 aliphatic rings. The van der Waals surface area contributed by atoms with Crippen LogP contribution in [0.25, 0.3) is 0 Å². The Labute approximate surface area is 96.6 Å². The summed E-state index contributed by atoms with van der Waals surface area (Å²) >= 11 is 0. The minimum atomic E-state index is -3.55. The van der Waals surface area contributed by atoms with E-state index in [2.05, 4.69) is 9.44 Å². The van der Waals surface area contributed by atoms with E-state index < -0.39 is 22.1 Å². The van der Waals surface area contributed by atoms with Gasteiger partial charge in [0, 0.05) is 13.1 Å². The highest BCUT2D eigenvalue weighted by Crippen LogP contribution is 2.05. The molecule has 16 heavy (non-hydrogen) atoms. The van der Waals surface area contributed by atoms with Crippen LogP contribution >= 0.6 is 0 Å². The summed E-state index contributed by atoms with van der Waals surface area (Å²) in [7, 11) is -3.55. The summed E-state index contributed by atoms with van der Waals surface area (Å²) in [6.07, 6.45) is 1.87. The Morgan fingerprint density at radius 3 is 2.31 bits per heavy atom. The molecule has 0 saturated heterocycles. The van der Waals surface area contributed by atoms with Crippen molar-refractivity contribution < 1.29 is 18.3 Å². The van der Waals surface area contributed by atoms with Crippen LogP contribution in [0.2, 0.25) is 0 Å². The van der Waals surface area contributed by atoms with Crippen molar-refractivity contribution in [3.63, 3.8) is 0 Å². The lowest BCUT2D eigenvalue weighted by atomic mass is 10.1. The van der Waals surface area contributed by atoms with Gasteiger partial charge in [0.2, 0.25) is 0 Å². The summed E-state index contributed by atoms with van der Waals surface area (Å²) in [4.78, 5) is 10.8. The van der Waals surface area contributed by atoms with E-state index >= 15 is 0 Å². The first kappa shape index (κ1) is 15.3. The number of aliphatic carboxylic acids is 1. The highest BCUT2D eigenvalue weighted by Gasteiger charge is 2.19. The van der Waals surface area contributed by atoms with Crippen LogP contribution in [0.3, 0.4) is 0 Å². The molecule has 0 aromatic carbocycles. The van der Waals surface area contributed by atoms with Gasteiger partial charge in [-0.15, -0.1) is 0 Å². The van der Waals surface area contributed by atoms with Gasteiger partial charge in [-0.05, 0) is 12.8 Å². The first-order valence-electron chi connectivity index (χ1n) is 5.40. The van der Waals surface area contributed by atoms with Gasteiger partial charge in [-0.1, -0.05) is 20.3 Å². The number of rotatable bonds is 9. The summed E-state index contributed by atoms with van der Waals surface area (Å²) in [6.45, 7) is 3.99. The van der Waals surface area contributed by atoms with E-state index in [1.54, 1.807) is 0 Å². The number of nitrogens with one attached hydrogen (secondary N) is 2. The van der Waals surface area contributed by atoms with E-state index in [9.17, 15) is 13.2 Å². The van der Waals surface area contributed by atoms with E-state index in [1.807, 2.05) is 13.8 Å². The maximum absolute atomic E-state index is 11.3. The number of carboxylic acids is 1. The molecule has 0 aromatic rings. The van der Waals surface area contributed by atoms with Crippen LogP contribution in [0.15, 0.2) is 0 Å². The van der Waals surface area contributed by atoms with Gasteiger partial charge < -0.3 is 5.11 Å². The summed E-state index contributed by atoms with van der Waals surface area (Å²) in [5, 5.41) is 8.82. The summed E-state index contributed by atoms with van der Waals surface area (Å²) in [5.74, 6) is -1.64. The van der Waals surface area contributed by atoms with Crippen LogP contribution in [-0.4, -0.2) is 32.6 Å². The number of carbonyl (C=O) groups is 1. The molecule has 0 aliphatic heterocycles. The standard InChI is InChI=1S/C9H20N2O4S/c1-3-5-8(9(12)13)7-11-16(14,15)10-6-4-2/h8,10-11H,3-7H2,1-2H3,(H,12,13). The normalized spacial score (nSPS) is 13.6. The van der Waals surface area contributed by atoms with Crippen molar-refractivity contribution in [2.24, 2.45) is 5.92 Å². The molecular formula is C9H20N2O4S. The molecule has 0 fully saturated rings. The molecule has 0 radical (unpaired) electrons. The highest BCUT2D eigenvalue weighted by atomic mass is 32.2. The second-order valence-electron chi connectivity index (χ2n) is 3.57. The minimum Gasteiger partial charge on any atom is -0.481 e. The first-order chi connectivity index (χ1) is 7.43. The molecule has 7 heteroatoms. The fourth-order valence-electron chi connectivity index (χ4n) is 1.16. The molecule has 3 N–H and O–H groups in total. The van der Waals surface area contributed by atoms with Gasteiger partial charge in [0.05, 0.1) is 5.92 Å². The molecule has 1 atom stereocenters. The SMILES string of the molecule is CCCNS(=O)(=O)NCC(CCC)C(=O)O. The average molecular weight is 252 g/mol. The van der Waals surface area contributed by atoms with Crippen molar-refractivity contribution >= 4 is 16.2 Å². The maximum Gasteiger partial charge on any atom is 0.307 e. The fourth-order valence-corrected chi connectivity index (χ4v) is 2.15. The number of hydrogen-bond donors (Lipinski definition) is 3. The molecule has 0 bridgehead atoms. The molecule has 6 nitrogen and oxygen atoms in total. The summed E-state index contributed by atoms with van der Waals surface area (Å²) < 4.78 is 27.2. The van der Waals surface area contributed by atoms with Crippen LogP contribution in [0.1, 0.15) is 33.1 Å². The van der Waals surface area contributed by atoms with E-state index in [0.717, 1.165) is 0 Å². The predicted octanol–water partition coefficient (Wildman–Crippen LogP) is 0.321. The maximum atomic E-state index is 11.3. The van der Waals surface area contributed by atoms with E-state index in [-0.39, 0.29) is 6.54 Å². The van der Waals surface area contributed by atoms with Crippen molar-refractivity contribution in [2.45, 2.75) is 33.1 Å². The molecule has 1 unspecified atom stereocenters. The van der Waals surface area contributed by atoms with Gasteiger partial charge in [0.1, 0.15) is 0 Å². The van der Waals surface area contributed by atoms with Crippen LogP contribution in [0.4, 0.5) is 0 Å². The van der Waals surface area contributed by atoms with Crippen LogP contribution in [-0.2, 0) is 15.0 Å². The Kier molecular flexibility index (Phi) is 7.27. The van der Waals surface area contributed by atoms with Crippen molar-refractivity contribution in [3.05, 3.63) is 0 Å². The second kappa shape index (κ2) is 7.59. The summed E-state index contributed by atoms with van der Waals surface area (Å²) in [5.41, 5.74) is 0. The first-order valence-corrected chi connectivity index (χ1v) is 6.88. The van der Waals surface area contributed by atoms with Crippen molar-refractivity contribution in [2.75, 3.05) is 13.1 Å². The predicted molar refractivity (Wildman–Crippen MR) is 61.3 cm³/mol. The van der Waals surface area contributed by atoms with Gasteiger partial charge in [-0.3, -0.25) is 4.79 Å². The molecule has 0 spiro atoms. The molecule has 0 saturated carbocycles. The lowest BCUT2D eigenvalue weighted by Crippen LogP contribution is -2.40. The zero-order valence-electron chi connectivity index (χ0n) is 9.69. The third-order valence-corrected chi connectivity index (χ3v) is 3.18. The third-order valence-electron chi connectivity index (χ3n) is 2.05. The van der Waals surface area contributed by atoms with Crippen molar-refractivity contribution in [1.29, 1.82) is 0 Å². The fraction of sp³-hybridized carbons (Fsp3) is 0.889. The van der Waals surface area contributed by atoms with Gasteiger partial charge in [-0.25, -0.2) is 9.44 Å². The topological polar surface area (TPSA) is 95.5 Å². The van der Waals surface area contributed by atoms with Gasteiger partial charge >= 0.3 is 5.97 Å². The molecule has 0 amide bonds. The molecule has 0 heterocycles. The molecule has 96 valence electrons. The number of hydrogen-bond acceptors (Lipinski definition) is 3. The quantitative estimate of drug-likeness (QED) is 0.550. The van der Waals surface area contributed by atoms with Crippen LogP contribution < -0.4 is 9.44 Å². The lowest BCUT2D eigenvalue weighted by Gasteiger charge is -2.12. The van der Waals surface area contributed by atoms with Crippen molar-refractivity contribution in [1.82, 2.24) is 9.44 Å². The summed E-state index contributed by atoms with van der Waals surface area (Å²) in [6, 6.07) is 0. The average Bonchev–Trinajstić information content (AvgIpc) is 2.21. The van der Waals surface area contributed by atoms with Gasteiger partial charge in [0.15, 0.2) is 0 Å². The Bertz CT molecular complexity index is 303. The zero-order valence-corrected chi connectivity index (χ0v) is 10.5. The molecule has 0 rings (SSSR count). The third kappa shape index (κ3) is 6.76. The van der Waals surface area contributed by atoms with E-state index in [1.165, 1.54) is 0 Å². The smallest absolute Gasteiger partial charge is 0.307 e. The molecule has 0 aromatic heterocycles. The number of carboxylic acid groups (broad SMARTS) is 1. The zero-order chi connectivity index (χ0) is 12.6.